The summed E-state index contributed by atoms with van der Waals surface area (Å²) in [4.78, 5) is 20.2. The van der Waals surface area contributed by atoms with E-state index in [2.05, 4.69) is 22.3 Å². The zero-order chi connectivity index (χ0) is 13.5. The summed E-state index contributed by atoms with van der Waals surface area (Å²) in [6, 6.07) is 0. The molecule has 1 heterocycles. The summed E-state index contributed by atoms with van der Waals surface area (Å²) >= 11 is 0. The Morgan fingerprint density at radius 3 is 2.78 bits per heavy atom. The Kier molecular flexibility index (Phi) is 5.25. The lowest BCUT2D eigenvalue weighted by Crippen LogP contribution is -2.26. The number of nitrogens with one attached hydrogen (secondary N) is 1. The molecule has 1 rings (SSSR count). The average molecular weight is 254 g/mol. The third-order valence-corrected chi connectivity index (χ3v) is 2.54. The van der Waals surface area contributed by atoms with Gasteiger partial charge < -0.3 is 4.90 Å². The minimum absolute atomic E-state index is 0.105. The summed E-state index contributed by atoms with van der Waals surface area (Å²) in [5.74, 6) is 5.70. The summed E-state index contributed by atoms with van der Waals surface area (Å²) in [5.41, 5.74) is 2.19. The van der Waals surface area contributed by atoms with Gasteiger partial charge in [0.25, 0.3) is 0 Å². The van der Waals surface area contributed by atoms with Gasteiger partial charge in [0, 0.05) is 13.1 Å². The zero-order valence-corrected chi connectivity index (χ0v) is 10.6. The largest absolute Gasteiger partial charge is 0.351 e. The molecule has 0 spiro atoms. The van der Waals surface area contributed by atoms with E-state index in [0.717, 1.165) is 19.4 Å². The summed E-state index contributed by atoms with van der Waals surface area (Å²) < 4.78 is 0. The Bertz CT molecular complexity index is 411. The fourth-order valence-electron chi connectivity index (χ4n) is 1.56. The number of anilines is 2. The van der Waals surface area contributed by atoms with E-state index < -0.39 is 4.92 Å². The molecule has 1 aromatic rings. The third-order valence-electron chi connectivity index (χ3n) is 2.54. The fourth-order valence-corrected chi connectivity index (χ4v) is 1.56. The summed E-state index contributed by atoms with van der Waals surface area (Å²) in [6.45, 7) is 5.35. The molecule has 0 bridgehead atoms. The van der Waals surface area contributed by atoms with Gasteiger partial charge in [-0.15, -0.1) is 0 Å². The van der Waals surface area contributed by atoms with E-state index in [-0.39, 0.29) is 11.6 Å². The number of hydrogen-bond acceptors (Lipinski definition) is 7. The first-order valence-electron chi connectivity index (χ1n) is 5.87. The minimum atomic E-state index is -0.482. The molecule has 0 aromatic carbocycles. The van der Waals surface area contributed by atoms with Gasteiger partial charge in [0.2, 0.25) is 11.8 Å². The molecule has 0 aliphatic carbocycles. The fraction of sp³-hybridized carbons (Fsp3) is 0.600. The number of rotatable bonds is 7. The highest BCUT2D eigenvalue weighted by Crippen LogP contribution is 2.26. The molecule has 8 heteroatoms. The number of aromatic nitrogens is 2. The van der Waals surface area contributed by atoms with Crippen LogP contribution >= 0.6 is 0 Å². The molecule has 100 valence electrons. The van der Waals surface area contributed by atoms with Crippen LogP contribution in [0.4, 0.5) is 17.5 Å². The number of unbranched alkanes of at least 4 members (excludes halogenated alkanes) is 1. The predicted molar refractivity (Wildman–Crippen MR) is 69.3 cm³/mol. The van der Waals surface area contributed by atoms with Crippen molar-refractivity contribution in [3.05, 3.63) is 16.3 Å². The summed E-state index contributed by atoms with van der Waals surface area (Å²) in [7, 11) is 0. The van der Waals surface area contributed by atoms with Crippen LogP contribution in [0, 0.1) is 10.1 Å². The highest BCUT2D eigenvalue weighted by atomic mass is 16.6. The molecular formula is C10H18N6O2. The summed E-state index contributed by atoms with van der Waals surface area (Å²) in [5, 5.41) is 11.0. The first kappa shape index (κ1) is 14.1. The minimum Gasteiger partial charge on any atom is -0.351 e. The van der Waals surface area contributed by atoms with Crippen LogP contribution in [0.15, 0.2) is 6.20 Å². The molecule has 1 aromatic heterocycles. The van der Waals surface area contributed by atoms with Gasteiger partial charge in [0.15, 0.2) is 0 Å². The first-order valence-corrected chi connectivity index (χ1v) is 5.87. The molecule has 0 saturated heterocycles. The Hall–Kier alpha value is -1.96. The molecule has 8 nitrogen and oxygen atoms in total. The van der Waals surface area contributed by atoms with Crippen LogP contribution in [-0.2, 0) is 0 Å². The highest BCUT2D eigenvalue weighted by Gasteiger charge is 2.21. The Balaban J connectivity index is 3.11. The molecule has 0 atom stereocenters. The number of nitrogens with two attached hydrogens (primary N) is 1. The second-order valence-electron chi connectivity index (χ2n) is 3.74. The van der Waals surface area contributed by atoms with Crippen LogP contribution in [0.3, 0.4) is 0 Å². The lowest BCUT2D eigenvalue weighted by molar-refractivity contribution is -0.384. The van der Waals surface area contributed by atoms with E-state index in [0.29, 0.717) is 12.4 Å². The second-order valence-corrected chi connectivity index (χ2v) is 3.74. The van der Waals surface area contributed by atoms with Crippen molar-refractivity contribution in [1.82, 2.24) is 9.97 Å². The quantitative estimate of drug-likeness (QED) is 0.428. The van der Waals surface area contributed by atoms with Gasteiger partial charge in [0.05, 0.1) is 4.92 Å². The van der Waals surface area contributed by atoms with Gasteiger partial charge >= 0.3 is 5.69 Å². The Morgan fingerprint density at radius 1 is 1.56 bits per heavy atom. The van der Waals surface area contributed by atoms with E-state index in [1.54, 1.807) is 0 Å². The van der Waals surface area contributed by atoms with Crippen molar-refractivity contribution in [3.63, 3.8) is 0 Å². The number of nitrogen functional groups attached to an aromatic ring is 1. The van der Waals surface area contributed by atoms with Crippen molar-refractivity contribution >= 4 is 17.5 Å². The van der Waals surface area contributed by atoms with Crippen LogP contribution in [0.5, 0.6) is 0 Å². The molecule has 0 saturated carbocycles. The molecule has 0 radical (unpaired) electrons. The number of hydrogen-bond donors (Lipinski definition) is 2. The van der Waals surface area contributed by atoms with Crippen LogP contribution in [0.1, 0.15) is 26.7 Å². The maximum absolute atomic E-state index is 11.0. The van der Waals surface area contributed by atoms with Crippen LogP contribution < -0.4 is 16.2 Å². The maximum atomic E-state index is 11.0. The van der Waals surface area contributed by atoms with Gasteiger partial charge in [-0.25, -0.2) is 10.8 Å². The van der Waals surface area contributed by atoms with Crippen LogP contribution in [-0.4, -0.2) is 28.0 Å². The van der Waals surface area contributed by atoms with E-state index in [1.807, 2.05) is 11.8 Å². The molecule has 0 unspecified atom stereocenters. The van der Waals surface area contributed by atoms with E-state index in [9.17, 15) is 10.1 Å². The molecule has 0 aliphatic rings. The van der Waals surface area contributed by atoms with Crippen molar-refractivity contribution in [2.75, 3.05) is 23.4 Å². The zero-order valence-electron chi connectivity index (χ0n) is 10.6. The van der Waals surface area contributed by atoms with Crippen LogP contribution in [0.25, 0.3) is 0 Å². The van der Waals surface area contributed by atoms with E-state index in [4.69, 9.17) is 5.84 Å². The number of nitrogens with zero attached hydrogens (tertiary/aromatic N) is 4. The lowest BCUT2D eigenvalue weighted by Gasteiger charge is -2.21. The normalized spacial score (nSPS) is 10.2. The van der Waals surface area contributed by atoms with Gasteiger partial charge in [-0.05, 0) is 13.3 Å². The van der Waals surface area contributed by atoms with Crippen molar-refractivity contribution < 1.29 is 4.92 Å². The maximum Gasteiger partial charge on any atom is 0.329 e. The van der Waals surface area contributed by atoms with Gasteiger partial charge in [-0.3, -0.25) is 15.5 Å². The average Bonchev–Trinajstić information content (AvgIpc) is 2.39. The molecule has 18 heavy (non-hydrogen) atoms. The van der Waals surface area contributed by atoms with Gasteiger partial charge in [-0.2, -0.15) is 4.98 Å². The molecule has 0 aliphatic heterocycles. The van der Waals surface area contributed by atoms with Crippen molar-refractivity contribution in [2.45, 2.75) is 26.7 Å². The molecular weight excluding hydrogens is 236 g/mol. The van der Waals surface area contributed by atoms with Crippen molar-refractivity contribution in [2.24, 2.45) is 5.84 Å². The third kappa shape index (κ3) is 3.27. The summed E-state index contributed by atoms with van der Waals surface area (Å²) in [6.07, 6.45) is 3.13. The molecule has 3 N–H and O–H groups in total. The number of hydrazine groups is 1. The van der Waals surface area contributed by atoms with Crippen molar-refractivity contribution in [3.8, 4) is 0 Å². The predicted octanol–water partition coefficient (Wildman–Crippen LogP) is 1.30. The topological polar surface area (TPSA) is 110 Å². The SMILES string of the molecule is CCCCN(CC)c1nc(NN)ncc1[N+](=O)[O-]. The molecule has 0 amide bonds. The standard InChI is InChI=1S/C10H18N6O2/c1-3-5-6-15(4-2)9-8(16(17)18)7-12-10(13-9)14-11/h7H,3-6,11H2,1-2H3,(H,12,13,14). The smallest absolute Gasteiger partial charge is 0.329 e. The van der Waals surface area contributed by atoms with Crippen molar-refractivity contribution in [1.29, 1.82) is 0 Å². The molecule has 0 fully saturated rings. The van der Waals surface area contributed by atoms with E-state index in [1.165, 1.54) is 6.20 Å². The highest BCUT2D eigenvalue weighted by molar-refractivity contribution is 5.58. The van der Waals surface area contributed by atoms with Gasteiger partial charge in [-0.1, -0.05) is 13.3 Å². The number of nitro groups is 1. The van der Waals surface area contributed by atoms with Crippen LogP contribution in [0.2, 0.25) is 0 Å². The lowest BCUT2D eigenvalue weighted by atomic mass is 10.3. The Morgan fingerprint density at radius 2 is 2.28 bits per heavy atom. The van der Waals surface area contributed by atoms with Gasteiger partial charge in [0.1, 0.15) is 6.20 Å². The second kappa shape index (κ2) is 6.70. The monoisotopic (exact) mass is 254 g/mol. The first-order chi connectivity index (χ1) is 8.63. The Labute approximate surface area is 105 Å². The van der Waals surface area contributed by atoms with E-state index >= 15 is 0 Å².